The smallest absolute Gasteiger partial charge is 0.325 e. The van der Waals surface area contributed by atoms with E-state index in [1.54, 1.807) is 6.07 Å². The summed E-state index contributed by atoms with van der Waals surface area (Å²) in [5, 5.41) is 14.7. The second kappa shape index (κ2) is 8.40. The summed E-state index contributed by atoms with van der Waals surface area (Å²) in [4.78, 5) is 40.8. The highest BCUT2D eigenvalue weighted by atomic mass is 19.3. The minimum atomic E-state index is -3.34. The van der Waals surface area contributed by atoms with Crippen LogP contribution in [0.5, 0.6) is 0 Å². The number of aromatic nitrogens is 4. The van der Waals surface area contributed by atoms with Crippen LogP contribution in [-0.2, 0) is 11.3 Å². The molecule has 3 heterocycles. The normalized spacial score (nSPS) is 17.2. The highest BCUT2D eigenvalue weighted by molar-refractivity contribution is 5.62. The third kappa shape index (κ3) is 4.41. The first kappa shape index (κ1) is 22.0. The van der Waals surface area contributed by atoms with Crippen molar-refractivity contribution in [2.45, 2.75) is 18.6 Å². The van der Waals surface area contributed by atoms with Crippen LogP contribution < -0.4 is 21.7 Å². The molecule has 13 heteroatoms. The molecule has 0 radical (unpaired) electrons. The van der Waals surface area contributed by atoms with E-state index in [1.807, 2.05) is 4.98 Å². The average Bonchev–Trinajstić information content (AvgIpc) is 3.07. The molecule has 0 spiro atoms. The van der Waals surface area contributed by atoms with Crippen LogP contribution in [0, 0.1) is 17.1 Å². The van der Waals surface area contributed by atoms with Gasteiger partial charge in [-0.2, -0.15) is 10.4 Å². The molecule has 3 N–H and O–H groups in total. The van der Waals surface area contributed by atoms with Crippen LogP contribution in [0.25, 0.3) is 11.3 Å². The quantitative estimate of drug-likeness (QED) is 0.512. The number of ether oxygens (including phenoxy) is 1. The highest BCUT2D eigenvalue weighted by Crippen LogP contribution is 2.33. The van der Waals surface area contributed by atoms with Crippen molar-refractivity contribution in [3.63, 3.8) is 0 Å². The Bertz CT molecular complexity index is 1420. The lowest BCUT2D eigenvalue weighted by molar-refractivity contribution is -0.110. The minimum absolute atomic E-state index is 0.0390. The van der Waals surface area contributed by atoms with Crippen LogP contribution in [0.1, 0.15) is 11.1 Å². The summed E-state index contributed by atoms with van der Waals surface area (Å²) in [6, 6.07) is 6.48. The molecule has 0 unspecified atom stereocenters. The fraction of sp³-hybridized carbons (Fsp3) is 0.250. The number of rotatable bonds is 5. The maximum absolute atomic E-state index is 14.6. The van der Waals surface area contributed by atoms with Gasteiger partial charge in [0.2, 0.25) is 0 Å². The lowest BCUT2D eigenvalue weighted by Crippen LogP contribution is -2.34. The van der Waals surface area contributed by atoms with E-state index in [0.29, 0.717) is 0 Å². The summed E-state index contributed by atoms with van der Waals surface area (Å²) in [5.41, 5.74) is -2.46. The van der Waals surface area contributed by atoms with E-state index in [1.165, 1.54) is 12.1 Å². The Kier molecular flexibility index (Phi) is 5.60. The number of nitrogens with one attached hydrogen (secondary N) is 3. The van der Waals surface area contributed by atoms with Gasteiger partial charge in [0.15, 0.2) is 0 Å². The zero-order chi connectivity index (χ0) is 23.8. The Morgan fingerprint density at radius 1 is 1.24 bits per heavy atom. The van der Waals surface area contributed by atoms with Gasteiger partial charge in [0.1, 0.15) is 23.7 Å². The van der Waals surface area contributed by atoms with Crippen molar-refractivity contribution in [3.8, 4) is 17.3 Å². The number of anilines is 1. The molecule has 0 aliphatic carbocycles. The van der Waals surface area contributed by atoms with E-state index < -0.39 is 41.2 Å². The first-order valence-electron chi connectivity index (χ1n) is 9.53. The van der Waals surface area contributed by atoms with Crippen molar-refractivity contribution >= 4 is 5.69 Å². The maximum atomic E-state index is 14.6. The van der Waals surface area contributed by atoms with E-state index in [4.69, 9.17) is 10.00 Å². The molecule has 1 aromatic carbocycles. The number of nitriles is 1. The largest absolute Gasteiger partial charge is 0.365 e. The van der Waals surface area contributed by atoms with Gasteiger partial charge in [-0.25, -0.2) is 23.1 Å². The van der Waals surface area contributed by atoms with Crippen molar-refractivity contribution in [1.82, 2.24) is 20.2 Å². The first-order chi connectivity index (χ1) is 15.7. The van der Waals surface area contributed by atoms with Crippen LogP contribution in [-0.4, -0.2) is 45.3 Å². The summed E-state index contributed by atoms with van der Waals surface area (Å²) < 4.78 is 48.2. The van der Waals surface area contributed by atoms with Gasteiger partial charge in [0.25, 0.3) is 17.0 Å². The minimum Gasteiger partial charge on any atom is -0.365 e. The third-order valence-corrected chi connectivity index (χ3v) is 5.08. The predicted octanol–water partition coefficient (Wildman–Crippen LogP) is 0.865. The second-order valence-corrected chi connectivity index (χ2v) is 7.32. The SMILES string of the molecule is N#Cc1ccc(CO[C@H]2CN(c3cc(-c4c[nH]c(=O)[nH]c4=O)n[nH]c3=O)CC2(F)F)cc1F. The molecule has 0 saturated carbocycles. The van der Waals surface area contributed by atoms with Gasteiger partial charge in [-0.05, 0) is 23.8 Å². The van der Waals surface area contributed by atoms with Crippen molar-refractivity contribution in [3.05, 3.63) is 78.6 Å². The van der Waals surface area contributed by atoms with Crippen molar-refractivity contribution < 1.29 is 17.9 Å². The molecule has 1 aliphatic rings. The first-order valence-corrected chi connectivity index (χ1v) is 9.53. The number of halogens is 3. The molecule has 170 valence electrons. The summed E-state index contributed by atoms with van der Waals surface area (Å²) in [7, 11) is 0. The zero-order valence-electron chi connectivity index (χ0n) is 16.7. The number of hydrogen-bond donors (Lipinski definition) is 3. The number of alkyl halides is 2. The van der Waals surface area contributed by atoms with Crippen LogP contribution in [0.2, 0.25) is 0 Å². The average molecular weight is 460 g/mol. The second-order valence-electron chi connectivity index (χ2n) is 7.32. The molecule has 0 bridgehead atoms. The molecule has 1 aliphatic heterocycles. The van der Waals surface area contributed by atoms with E-state index in [2.05, 4.69) is 15.2 Å². The number of nitrogens with zero attached hydrogens (tertiary/aromatic N) is 3. The molecule has 33 heavy (non-hydrogen) atoms. The standard InChI is InChI=1S/C20H15F3N6O4/c21-13-3-10(1-2-11(13)5-24)8-33-16-7-29(9-20(16,22)23)15-4-14(27-28-18(15)31)12-6-25-19(32)26-17(12)30/h1-4,6,16H,7-9H2,(H,28,31)(H2,25,26,30,32)/t16-/m0/s1. The monoisotopic (exact) mass is 460 g/mol. The molecule has 2 aromatic heterocycles. The fourth-order valence-electron chi connectivity index (χ4n) is 3.42. The van der Waals surface area contributed by atoms with Gasteiger partial charge in [-0.3, -0.25) is 14.6 Å². The summed E-state index contributed by atoms with van der Waals surface area (Å²) in [6.07, 6.45) is -0.518. The number of benzene rings is 1. The van der Waals surface area contributed by atoms with Gasteiger partial charge in [0.05, 0.1) is 36.5 Å². The van der Waals surface area contributed by atoms with E-state index in [0.717, 1.165) is 23.2 Å². The molecule has 4 rings (SSSR count). The summed E-state index contributed by atoms with van der Waals surface area (Å²) >= 11 is 0. The summed E-state index contributed by atoms with van der Waals surface area (Å²) in [6.45, 7) is -1.53. The Morgan fingerprint density at radius 2 is 2.03 bits per heavy atom. The Labute approximate surface area is 182 Å². The number of aromatic amines is 3. The highest BCUT2D eigenvalue weighted by Gasteiger charge is 2.49. The number of hydrogen-bond acceptors (Lipinski definition) is 7. The lowest BCUT2D eigenvalue weighted by Gasteiger charge is -2.18. The van der Waals surface area contributed by atoms with Crippen molar-refractivity contribution in [2.24, 2.45) is 0 Å². The van der Waals surface area contributed by atoms with Crippen LogP contribution in [0.4, 0.5) is 18.9 Å². The van der Waals surface area contributed by atoms with Crippen LogP contribution >= 0.6 is 0 Å². The Hall–Kier alpha value is -4.18. The molecular formula is C20H15F3N6O4. The molecule has 0 amide bonds. The van der Waals surface area contributed by atoms with Crippen molar-refractivity contribution in [1.29, 1.82) is 5.26 Å². The van der Waals surface area contributed by atoms with Gasteiger partial charge < -0.3 is 14.6 Å². The van der Waals surface area contributed by atoms with Gasteiger partial charge in [-0.1, -0.05) is 6.07 Å². The molecule has 3 aromatic rings. The topological polar surface area (TPSA) is 148 Å². The number of H-pyrrole nitrogens is 3. The molecule has 10 nitrogen and oxygen atoms in total. The molecular weight excluding hydrogens is 445 g/mol. The molecule has 1 atom stereocenters. The Morgan fingerprint density at radius 3 is 2.73 bits per heavy atom. The lowest BCUT2D eigenvalue weighted by atomic mass is 10.1. The van der Waals surface area contributed by atoms with E-state index >= 15 is 0 Å². The zero-order valence-corrected chi connectivity index (χ0v) is 16.7. The Balaban J connectivity index is 1.55. The van der Waals surface area contributed by atoms with Crippen molar-refractivity contribution in [2.75, 3.05) is 18.0 Å². The van der Waals surface area contributed by atoms with Gasteiger partial charge in [-0.15, -0.1) is 0 Å². The van der Waals surface area contributed by atoms with Crippen LogP contribution in [0.3, 0.4) is 0 Å². The summed E-state index contributed by atoms with van der Waals surface area (Å²) in [5.74, 6) is -4.12. The van der Waals surface area contributed by atoms with Gasteiger partial charge >= 0.3 is 5.69 Å². The van der Waals surface area contributed by atoms with E-state index in [9.17, 15) is 27.6 Å². The van der Waals surface area contributed by atoms with E-state index in [-0.39, 0.29) is 41.2 Å². The maximum Gasteiger partial charge on any atom is 0.325 e. The predicted molar refractivity (Wildman–Crippen MR) is 108 cm³/mol. The van der Waals surface area contributed by atoms with Crippen LogP contribution in [0.15, 0.2) is 44.8 Å². The molecule has 1 fully saturated rings. The third-order valence-electron chi connectivity index (χ3n) is 5.08. The fourth-order valence-corrected chi connectivity index (χ4v) is 3.42. The van der Waals surface area contributed by atoms with Gasteiger partial charge in [0, 0.05) is 6.20 Å². The molecule has 1 saturated heterocycles.